The lowest BCUT2D eigenvalue weighted by atomic mass is 9.95. The molecule has 3 heterocycles. The fourth-order valence-electron chi connectivity index (χ4n) is 4.92. The second-order valence-electron chi connectivity index (χ2n) is 9.25. The highest BCUT2D eigenvalue weighted by Gasteiger charge is 2.48. The van der Waals surface area contributed by atoms with Gasteiger partial charge in [0.1, 0.15) is 24.7 Å². The first-order valence-corrected chi connectivity index (χ1v) is 13.9. The Morgan fingerprint density at radius 2 is 1.78 bits per heavy atom. The molecule has 10 nitrogen and oxygen atoms in total. The zero-order valence-corrected chi connectivity index (χ0v) is 23.1. The number of fused-ring (bicyclic) bond motifs is 2. The predicted octanol–water partition coefficient (Wildman–Crippen LogP) is 5.20. The number of phenolic OH excluding ortho intramolecular Hbond substituents is 1. The van der Waals surface area contributed by atoms with Crippen LogP contribution in [0.1, 0.15) is 31.0 Å². The Labute approximate surface area is 239 Å². The molecule has 1 amide bonds. The quantitative estimate of drug-likeness (QED) is 0.174. The number of carbonyl (C=O) groups excluding carboxylic acids is 2. The van der Waals surface area contributed by atoms with Crippen LogP contribution in [0, 0.1) is 0 Å². The number of aromatic hydroxyl groups is 1. The summed E-state index contributed by atoms with van der Waals surface area (Å²) in [5.74, 6) is -0.405. The van der Waals surface area contributed by atoms with Crippen molar-refractivity contribution in [3.63, 3.8) is 0 Å². The minimum atomic E-state index is -1.06. The zero-order chi connectivity index (χ0) is 28.7. The predicted molar refractivity (Wildman–Crippen MR) is 152 cm³/mol. The lowest BCUT2D eigenvalue weighted by Gasteiger charge is -2.24. The van der Waals surface area contributed by atoms with Gasteiger partial charge in [-0.3, -0.25) is 14.5 Å². The minimum Gasteiger partial charge on any atom is -0.507 e. The second kappa shape index (κ2) is 10.7. The van der Waals surface area contributed by atoms with E-state index in [9.17, 15) is 19.8 Å². The van der Waals surface area contributed by atoms with E-state index in [4.69, 9.17) is 18.9 Å². The van der Waals surface area contributed by atoms with E-state index in [1.165, 1.54) is 22.3 Å². The molecule has 0 saturated carbocycles. The van der Waals surface area contributed by atoms with Crippen LogP contribution in [-0.4, -0.2) is 53.3 Å². The van der Waals surface area contributed by atoms with E-state index >= 15 is 0 Å². The number of hydrogen-bond acceptors (Lipinski definition) is 10. The molecule has 1 unspecified atom stereocenters. The number of phenols is 1. The van der Waals surface area contributed by atoms with Gasteiger partial charge in [-0.05, 0) is 67.9 Å². The molecule has 0 spiro atoms. The highest BCUT2D eigenvalue weighted by Crippen LogP contribution is 2.46. The third-order valence-electron chi connectivity index (χ3n) is 6.73. The molecule has 1 atom stereocenters. The lowest BCUT2D eigenvalue weighted by Crippen LogP contribution is -2.29. The topological polar surface area (TPSA) is 128 Å². The maximum absolute atomic E-state index is 13.6. The fourth-order valence-corrected chi connectivity index (χ4v) is 5.94. The Hall–Kier alpha value is -4.77. The van der Waals surface area contributed by atoms with E-state index in [-0.39, 0.29) is 40.1 Å². The van der Waals surface area contributed by atoms with Crippen molar-refractivity contribution in [2.24, 2.45) is 0 Å². The smallest absolute Gasteiger partial charge is 0.301 e. The molecule has 2 aliphatic heterocycles. The summed E-state index contributed by atoms with van der Waals surface area (Å²) in [4.78, 5) is 33.2. The van der Waals surface area contributed by atoms with Gasteiger partial charge in [-0.25, -0.2) is 4.98 Å². The van der Waals surface area contributed by atoms with E-state index in [0.29, 0.717) is 48.1 Å². The summed E-state index contributed by atoms with van der Waals surface area (Å²) < 4.78 is 23.2. The number of anilines is 1. The zero-order valence-electron chi connectivity index (χ0n) is 22.2. The van der Waals surface area contributed by atoms with Gasteiger partial charge in [0.05, 0.1) is 35.0 Å². The van der Waals surface area contributed by atoms with Crippen molar-refractivity contribution in [2.75, 3.05) is 31.3 Å². The normalized spacial score (nSPS) is 17.7. The number of aliphatic hydroxyl groups excluding tert-OH is 1. The van der Waals surface area contributed by atoms with Gasteiger partial charge in [-0.15, -0.1) is 0 Å². The van der Waals surface area contributed by atoms with E-state index in [1.807, 2.05) is 13.0 Å². The van der Waals surface area contributed by atoms with Crippen LogP contribution in [0.4, 0.5) is 5.13 Å². The summed E-state index contributed by atoms with van der Waals surface area (Å²) >= 11 is 1.22. The van der Waals surface area contributed by atoms with Gasteiger partial charge in [-0.2, -0.15) is 0 Å². The molecule has 210 valence electrons. The van der Waals surface area contributed by atoms with Gasteiger partial charge >= 0.3 is 5.91 Å². The number of amides is 1. The van der Waals surface area contributed by atoms with Gasteiger partial charge in [0.25, 0.3) is 5.78 Å². The van der Waals surface area contributed by atoms with Gasteiger partial charge in [0.2, 0.25) is 0 Å². The highest BCUT2D eigenvalue weighted by molar-refractivity contribution is 7.22. The van der Waals surface area contributed by atoms with E-state index in [1.54, 1.807) is 49.4 Å². The Balaban J connectivity index is 1.53. The van der Waals surface area contributed by atoms with Gasteiger partial charge in [0, 0.05) is 5.56 Å². The molecule has 6 rings (SSSR count). The molecule has 2 aliphatic rings. The van der Waals surface area contributed by atoms with Crippen molar-refractivity contribution < 1.29 is 38.7 Å². The number of nitrogens with zero attached hydrogens (tertiary/aromatic N) is 2. The first-order valence-electron chi connectivity index (χ1n) is 13.1. The largest absolute Gasteiger partial charge is 0.507 e. The van der Waals surface area contributed by atoms with Crippen molar-refractivity contribution in [2.45, 2.75) is 19.9 Å². The van der Waals surface area contributed by atoms with E-state index in [0.717, 1.165) is 4.70 Å². The fraction of sp³-hybridized carbons (Fsp3) is 0.233. The highest BCUT2D eigenvalue weighted by atomic mass is 32.1. The van der Waals surface area contributed by atoms with Gasteiger partial charge < -0.3 is 29.2 Å². The molecular weight excluding hydrogens is 548 g/mol. The second-order valence-corrected chi connectivity index (χ2v) is 10.3. The number of aliphatic hydroxyl groups is 1. The maximum atomic E-state index is 13.6. The molecule has 1 aromatic heterocycles. The van der Waals surface area contributed by atoms with Crippen LogP contribution in [0.5, 0.6) is 28.7 Å². The molecule has 0 aliphatic carbocycles. The van der Waals surface area contributed by atoms with Crippen LogP contribution in [0.3, 0.4) is 0 Å². The summed E-state index contributed by atoms with van der Waals surface area (Å²) in [5.41, 5.74) is 1.22. The van der Waals surface area contributed by atoms with Crippen molar-refractivity contribution in [3.8, 4) is 28.7 Å². The Bertz CT molecular complexity index is 1710. The van der Waals surface area contributed by atoms with E-state index < -0.39 is 17.7 Å². The number of aromatic nitrogens is 1. The lowest BCUT2D eigenvalue weighted by molar-refractivity contribution is -0.132. The molecule has 1 saturated heterocycles. The van der Waals surface area contributed by atoms with Crippen LogP contribution in [0.2, 0.25) is 0 Å². The first-order chi connectivity index (χ1) is 19.9. The number of ketones is 1. The Kier molecular flexibility index (Phi) is 6.88. The summed E-state index contributed by atoms with van der Waals surface area (Å²) in [5, 5.41) is 22.2. The Morgan fingerprint density at radius 3 is 2.56 bits per heavy atom. The summed E-state index contributed by atoms with van der Waals surface area (Å²) in [7, 11) is 0. The van der Waals surface area contributed by atoms with Crippen LogP contribution in [0.15, 0.2) is 60.2 Å². The number of hydrogen-bond donors (Lipinski definition) is 2. The average Bonchev–Trinajstić information content (AvgIpc) is 3.51. The van der Waals surface area contributed by atoms with E-state index in [2.05, 4.69) is 4.98 Å². The van der Waals surface area contributed by atoms with Gasteiger partial charge in [0.15, 0.2) is 28.1 Å². The number of benzene rings is 3. The number of Topliss-reactive ketones (excluding diaryl/α,β-unsaturated/α-hetero) is 1. The average molecular weight is 575 g/mol. The van der Waals surface area contributed by atoms with Crippen LogP contribution in [0.25, 0.3) is 16.0 Å². The first kappa shape index (κ1) is 26.5. The number of rotatable bonds is 7. The molecule has 0 radical (unpaired) electrons. The molecule has 0 bridgehead atoms. The maximum Gasteiger partial charge on any atom is 0.301 e. The standard InChI is InChI=1S/C30H26N2O8S/c1-3-37-18-7-8-19-24(15-18)41-30(31-19)32-26(16-5-9-20(33)22(13-16)38-4-2)25(28(35)29(32)36)27(34)17-6-10-21-23(14-17)40-12-11-39-21/h5-10,13-15,26,33-34H,3-4,11-12H2,1-2H3/b27-25-. The number of thiazole rings is 1. The molecule has 1 fully saturated rings. The molecule has 4 aromatic rings. The van der Waals surface area contributed by atoms with Crippen molar-refractivity contribution in [3.05, 3.63) is 71.3 Å². The third-order valence-corrected chi connectivity index (χ3v) is 7.74. The van der Waals surface area contributed by atoms with Crippen LogP contribution < -0.4 is 23.8 Å². The van der Waals surface area contributed by atoms with Crippen LogP contribution in [-0.2, 0) is 9.59 Å². The minimum absolute atomic E-state index is 0.0946. The van der Waals surface area contributed by atoms with Crippen LogP contribution >= 0.6 is 11.3 Å². The Morgan fingerprint density at radius 1 is 1.00 bits per heavy atom. The van der Waals surface area contributed by atoms with Crippen molar-refractivity contribution in [1.82, 2.24) is 4.98 Å². The summed E-state index contributed by atoms with van der Waals surface area (Å²) in [6.07, 6.45) is 0. The monoisotopic (exact) mass is 574 g/mol. The summed E-state index contributed by atoms with van der Waals surface area (Å²) in [6, 6.07) is 13.7. The van der Waals surface area contributed by atoms with Gasteiger partial charge in [-0.1, -0.05) is 17.4 Å². The third kappa shape index (κ3) is 4.67. The van der Waals surface area contributed by atoms with Crippen molar-refractivity contribution in [1.29, 1.82) is 0 Å². The molecule has 3 aromatic carbocycles. The molecule has 41 heavy (non-hydrogen) atoms. The van der Waals surface area contributed by atoms with Crippen molar-refractivity contribution >= 4 is 44.1 Å². The SMILES string of the molecule is CCOc1ccc2nc(N3C(=O)C(=O)/C(=C(\O)c4ccc5c(c4)OCCO5)C3c3ccc(O)c(OCC)c3)sc2c1. The molecule has 2 N–H and O–H groups in total. The molecule has 11 heteroatoms. The molecular formula is C30H26N2O8S. The number of ether oxygens (including phenoxy) is 4. The summed E-state index contributed by atoms with van der Waals surface area (Å²) in [6.45, 7) is 5.19. The number of carbonyl (C=O) groups is 2.